The van der Waals surface area contributed by atoms with Gasteiger partial charge >= 0.3 is 12.0 Å². The zero-order valence-electron chi connectivity index (χ0n) is 11.4. The number of hydrogen-bond donors (Lipinski definition) is 3. The topological polar surface area (TPSA) is 113 Å². The molecule has 2 saturated heterocycles. The van der Waals surface area contributed by atoms with E-state index in [0.29, 0.717) is 18.6 Å². The number of fused-ring (bicyclic) bond motifs is 2. The number of piperidine rings is 1. The fraction of sp³-hybridized carbons (Fsp3) is 0.769. The standard InChI is InChI=1S/C13H21N3O4/c14-13(20)15-11(17)3-4-16-9-1-2-10(16)6-8(5-9)7-12(18)19/h8-10H,1-7H2,(H,18,19)(H3,14,15,17,20). The van der Waals surface area contributed by atoms with E-state index < -0.39 is 12.0 Å². The first kappa shape index (κ1) is 14.8. The Balaban J connectivity index is 1.82. The summed E-state index contributed by atoms with van der Waals surface area (Å²) >= 11 is 0. The molecule has 4 N–H and O–H groups in total. The monoisotopic (exact) mass is 283 g/mol. The van der Waals surface area contributed by atoms with Gasteiger partial charge in [-0.2, -0.15) is 0 Å². The predicted molar refractivity (Wildman–Crippen MR) is 70.8 cm³/mol. The summed E-state index contributed by atoms with van der Waals surface area (Å²) in [6, 6.07) is -0.0721. The molecule has 112 valence electrons. The minimum Gasteiger partial charge on any atom is -0.481 e. The van der Waals surface area contributed by atoms with Gasteiger partial charge in [0.15, 0.2) is 0 Å². The van der Waals surface area contributed by atoms with Gasteiger partial charge in [0, 0.05) is 31.5 Å². The molecule has 2 atom stereocenters. The smallest absolute Gasteiger partial charge is 0.318 e. The maximum atomic E-state index is 11.4. The molecule has 7 heteroatoms. The number of nitrogens with one attached hydrogen (secondary N) is 1. The molecule has 2 aliphatic heterocycles. The van der Waals surface area contributed by atoms with Gasteiger partial charge in [0.05, 0.1) is 0 Å². The number of carbonyl (C=O) groups is 3. The van der Waals surface area contributed by atoms with Crippen LogP contribution in [0.2, 0.25) is 0 Å². The van der Waals surface area contributed by atoms with Crippen molar-refractivity contribution in [1.82, 2.24) is 10.2 Å². The second-order valence-corrected chi connectivity index (χ2v) is 5.72. The Morgan fingerprint density at radius 1 is 1.20 bits per heavy atom. The van der Waals surface area contributed by atoms with Crippen LogP contribution in [-0.4, -0.2) is 46.5 Å². The number of nitrogens with two attached hydrogens (primary N) is 1. The normalized spacial score (nSPS) is 29.1. The van der Waals surface area contributed by atoms with E-state index in [9.17, 15) is 14.4 Å². The lowest BCUT2D eigenvalue weighted by atomic mass is 9.88. The van der Waals surface area contributed by atoms with Crippen molar-refractivity contribution in [2.24, 2.45) is 11.7 Å². The van der Waals surface area contributed by atoms with Gasteiger partial charge < -0.3 is 10.8 Å². The Morgan fingerprint density at radius 3 is 2.30 bits per heavy atom. The van der Waals surface area contributed by atoms with Crippen molar-refractivity contribution in [3.05, 3.63) is 0 Å². The van der Waals surface area contributed by atoms with Crippen molar-refractivity contribution >= 4 is 17.9 Å². The quantitative estimate of drug-likeness (QED) is 0.671. The fourth-order valence-electron chi connectivity index (χ4n) is 3.60. The second-order valence-electron chi connectivity index (χ2n) is 5.72. The molecule has 2 bridgehead atoms. The first-order chi connectivity index (χ1) is 9.45. The van der Waals surface area contributed by atoms with Crippen molar-refractivity contribution in [2.45, 2.75) is 50.6 Å². The molecule has 2 aliphatic rings. The lowest BCUT2D eigenvalue weighted by Crippen LogP contribution is -2.45. The van der Waals surface area contributed by atoms with E-state index in [0.717, 1.165) is 25.7 Å². The minimum absolute atomic E-state index is 0.239. The third-order valence-corrected chi connectivity index (χ3v) is 4.30. The molecular weight excluding hydrogens is 262 g/mol. The molecule has 0 saturated carbocycles. The van der Waals surface area contributed by atoms with Crippen LogP contribution in [0.1, 0.15) is 38.5 Å². The molecule has 0 spiro atoms. The number of carboxylic acids is 1. The summed E-state index contributed by atoms with van der Waals surface area (Å²) < 4.78 is 0. The van der Waals surface area contributed by atoms with Gasteiger partial charge in [-0.05, 0) is 31.6 Å². The second kappa shape index (κ2) is 6.21. The number of rotatable bonds is 5. The summed E-state index contributed by atoms with van der Waals surface area (Å²) in [5, 5.41) is 10.9. The Labute approximate surface area is 117 Å². The molecule has 2 fully saturated rings. The van der Waals surface area contributed by atoms with Crippen LogP contribution in [0.3, 0.4) is 0 Å². The van der Waals surface area contributed by atoms with Crippen molar-refractivity contribution in [3.63, 3.8) is 0 Å². The molecule has 0 aromatic rings. The summed E-state index contributed by atoms with van der Waals surface area (Å²) in [4.78, 5) is 35.1. The van der Waals surface area contributed by atoms with E-state index in [1.807, 2.05) is 0 Å². The molecule has 2 rings (SSSR count). The lowest BCUT2D eigenvalue weighted by molar-refractivity contribution is -0.138. The Bertz CT molecular complexity index is 398. The maximum Gasteiger partial charge on any atom is 0.318 e. The number of hydrogen-bond acceptors (Lipinski definition) is 4. The zero-order valence-corrected chi connectivity index (χ0v) is 11.4. The summed E-state index contributed by atoms with van der Waals surface area (Å²) in [5.41, 5.74) is 4.89. The number of urea groups is 1. The Hall–Kier alpha value is -1.63. The summed E-state index contributed by atoms with van der Waals surface area (Å²) in [5.74, 6) is -0.839. The molecule has 20 heavy (non-hydrogen) atoms. The van der Waals surface area contributed by atoms with Crippen molar-refractivity contribution in [1.29, 1.82) is 0 Å². The predicted octanol–water partition coefficient (Wildman–Crippen LogP) is 0.289. The van der Waals surface area contributed by atoms with Gasteiger partial charge in [-0.25, -0.2) is 4.79 Å². The minimum atomic E-state index is -0.821. The zero-order chi connectivity index (χ0) is 14.7. The highest BCUT2D eigenvalue weighted by Gasteiger charge is 2.40. The van der Waals surface area contributed by atoms with Gasteiger partial charge in [-0.3, -0.25) is 19.8 Å². The Kier molecular flexibility index (Phi) is 4.59. The average Bonchev–Trinajstić information content (AvgIpc) is 2.55. The highest BCUT2D eigenvalue weighted by atomic mass is 16.4. The maximum absolute atomic E-state index is 11.4. The van der Waals surface area contributed by atoms with Crippen LogP contribution in [-0.2, 0) is 9.59 Å². The number of primary amides is 1. The van der Waals surface area contributed by atoms with Gasteiger partial charge in [-0.1, -0.05) is 0 Å². The number of nitrogens with zero attached hydrogens (tertiary/aromatic N) is 1. The lowest BCUT2D eigenvalue weighted by Gasteiger charge is -2.38. The van der Waals surface area contributed by atoms with E-state index in [4.69, 9.17) is 10.8 Å². The number of carbonyl (C=O) groups excluding carboxylic acids is 2. The first-order valence-corrected chi connectivity index (χ1v) is 7.02. The van der Waals surface area contributed by atoms with Crippen molar-refractivity contribution in [3.8, 4) is 0 Å². The van der Waals surface area contributed by atoms with E-state index in [2.05, 4.69) is 10.2 Å². The van der Waals surface area contributed by atoms with Crippen LogP contribution in [0.15, 0.2) is 0 Å². The number of imide groups is 1. The number of amides is 3. The van der Waals surface area contributed by atoms with Crippen LogP contribution in [0.25, 0.3) is 0 Å². The molecule has 2 heterocycles. The number of aliphatic carboxylic acids is 1. The van der Waals surface area contributed by atoms with Crippen LogP contribution >= 0.6 is 0 Å². The molecule has 7 nitrogen and oxygen atoms in total. The first-order valence-electron chi connectivity index (χ1n) is 7.02. The van der Waals surface area contributed by atoms with E-state index in [-0.39, 0.29) is 24.7 Å². The number of carboxylic acid groups (broad SMARTS) is 1. The van der Waals surface area contributed by atoms with Crippen LogP contribution in [0.4, 0.5) is 4.79 Å². The van der Waals surface area contributed by atoms with Crippen molar-refractivity contribution < 1.29 is 19.5 Å². The van der Waals surface area contributed by atoms with E-state index >= 15 is 0 Å². The summed E-state index contributed by atoms with van der Waals surface area (Å²) in [6.45, 7) is 0.605. The summed E-state index contributed by atoms with van der Waals surface area (Å²) in [7, 11) is 0. The van der Waals surface area contributed by atoms with Gasteiger partial charge in [0.1, 0.15) is 0 Å². The van der Waals surface area contributed by atoms with E-state index in [1.54, 1.807) is 0 Å². The molecule has 0 aromatic carbocycles. The average molecular weight is 283 g/mol. The fourth-order valence-corrected chi connectivity index (χ4v) is 3.60. The third-order valence-electron chi connectivity index (χ3n) is 4.30. The summed E-state index contributed by atoms with van der Waals surface area (Å²) in [6.07, 6.45) is 4.40. The van der Waals surface area contributed by atoms with Crippen LogP contribution < -0.4 is 11.1 Å². The Morgan fingerprint density at radius 2 is 1.80 bits per heavy atom. The largest absolute Gasteiger partial charge is 0.481 e. The van der Waals surface area contributed by atoms with Crippen LogP contribution in [0, 0.1) is 5.92 Å². The molecular formula is C13H21N3O4. The molecule has 0 aromatic heterocycles. The van der Waals surface area contributed by atoms with Gasteiger partial charge in [-0.15, -0.1) is 0 Å². The third kappa shape index (κ3) is 3.69. The van der Waals surface area contributed by atoms with Crippen LogP contribution in [0.5, 0.6) is 0 Å². The molecule has 3 amide bonds. The van der Waals surface area contributed by atoms with Crippen molar-refractivity contribution in [2.75, 3.05) is 6.54 Å². The molecule has 0 radical (unpaired) electrons. The van der Waals surface area contributed by atoms with Gasteiger partial charge in [0.2, 0.25) is 5.91 Å². The molecule has 0 aliphatic carbocycles. The van der Waals surface area contributed by atoms with E-state index in [1.165, 1.54) is 0 Å². The molecule has 2 unspecified atom stereocenters. The van der Waals surface area contributed by atoms with Gasteiger partial charge in [0.25, 0.3) is 0 Å². The highest BCUT2D eigenvalue weighted by molar-refractivity contribution is 5.93. The SMILES string of the molecule is NC(=O)NC(=O)CCN1C2CCC1CC(CC(=O)O)C2. The highest BCUT2D eigenvalue weighted by Crippen LogP contribution is 2.39.